The Morgan fingerprint density at radius 3 is 2.44 bits per heavy atom. The highest BCUT2D eigenvalue weighted by Gasteiger charge is 2.30. The third-order valence-corrected chi connectivity index (χ3v) is 4.96. The predicted molar refractivity (Wildman–Crippen MR) is 93.5 cm³/mol. The lowest BCUT2D eigenvalue weighted by Gasteiger charge is -2.36. The van der Waals surface area contributed by atoms with Crippen LogP contribution in [0.3, 0.4) is 0 Å². The van der Waals surface area contributed by atoms with Crippen LogP contribution < -0.4 is 5.32 Å². The summed E-state index contributed by atoms with van der Waals surface area (Å²) in [6, 6.07) is 4.04. The van der Waals surface area contributed by atoms with E-state index in [1.807, 2.05) is 0 Å². The number of alkyl halides is 3. The van der Waals surface area contributed by atoms with Gasteiger partial charge in [0.1, 0.15) is 0 Å². The first kappa shape index (κ1) is 19.9. The third kappa shape index (κ3) is 5.33. The molecule has 2 atom stereocenters. The molecule has 9 heteroatoms. The largest absolute Gasteiger partial charge is 0.416 e. The van der Waals surface area contributed by atoms with Crippen LogP contribution in [0.4, 0.5) is 23.7 Å². The highest BCUT2D eigenvalue weighted by molar-refractivity contribution is 5.89. The van der Waals surface area contributed by atoms with Crippen LogP contribution in [0.2, 0.25) is 0 Å². The van der Waals surface area contributed by atoms with Crippen molar-refractivity contribution in [3.05, 3.63) is 29.8 Å². The van der Waals surface area contributed by atoms with Crippen LogP contribution in [-0.2, 0) is 10.9 Å². The number of carbonyl (C=O) groups excluding carboxylic acids is 1. The number of piperazine rings is 1. The Labute approximate surface area is 155 Å². The molecule has 2 heterocycles. The van der Waals surface area contributed by atoms with Gasteiger partial charge in [-0.2, -0.15) is 13.2 Å². The number of carbonyl (C=O) groups is 1. The number of rotatable bonds is 4. The van der Waals surface area contributed by atoms with Crippen LogP contribution in [0.5, 0.6) is 0 Å². The van der Waals surface area contributed by atoms with Gasteiger partial charge in [-0.25, -0.2) is 4.79 Å². The van der Waals surface area contributed by atoms with Gasteiger partial charge in [0.15, 0.2) is 0 Å². The number of aliphatic hydroxyl groups is 1. The molecular weight excluding hydrogens is 363 g/mol. The fourth-order valence-electron chi connectivity index (χ4n) is 3.37. The molecule has 2 saturated heterocycles. The van der Waals surface area contributed by atoms with Gasteiger partial charge >= 0.3 is 12.2 Å². The molecular formula is C18H24F3N3O3. The van der Waals surface area contributed by atoms with Gasteiger partial charge in [-0.3, -0.25) is 4.90 Å². The second-order valence-electron chi connectivity index (χ2n) is 6.91. The Bertz CT molecular complexity index is 625. The minimum absolute atomic E-state index is 0.106. The first-order chi connectivity index (χ1) is 12.8. The summed E-state index contributed by atoms with van der Waals surface area (Å²) < 4.78 is 43.2. The number of nitrogens with one attached hydrogen (secondary N) is 1. The van der Waals surface area contributed by atoms with Gasteiger partial charge < -0.3 is 20.1 Å². The summed E-state index contributed by atoms with van der Waals surface area (Å²) in [7, 11) is 0. The molecule has 6 nitrogen and oxygen atoms in total. The number of anilines is 1. The Hall–Kier alpha value is -1.84. The van der Waals surface area contributed by atoms with Crippen molar-refractivity contribution in [1.29, 1.82) is 0 Å². The summed E-state index contributed by atoms with van der Waals surface area (Å²) in [5, 5.41) is 12.8. The molecule has 3 rings (SSSR count). The van der Waals surface area contributed by atoms with E-state index in [0.29, 0.717) is 45.0 Å². The van der Waals surface area contributed by atoms with Crippen molar-refractivity contribution < 1.29 is 27.8 Å². The van der Waals surface area contributed by atoms with Crippen LogP contribution in [-0.4, -0.2) is 72.5 Å². The molecule has 0 unspecified atom stereocenters. The number of halogens is 3. The third-order valence-electron chi connectivity index (χ3n) is 4.96. The average molecular weight is 387 g/mol. The van der Waals surface area contributed by atoms with Crippen LogP contribution in [0.1, 0.15) is 18.4 Å². The maximum atomic E-state index is 12.6. The van der Waals surface area contributed by atoms with Gasteiger partial charge in [-0.15, -0.1) is 0 Å². The van der Waals surface area contributed by atoms with Gasteiger partial charge in [-0.05, 0) is 37.1 Å². The van der Waals surface area contributed by atoms with Gasteiger partial charge in [0.2, 0.25) is 0 Å². The SMILES string of the molecule is O=C(Nc1ccc(C(F)(F)F)cc1)N1CCN(C[C@H](O)[C@@H]2CCCO2)CC1. The second-order valence-corrected chi connectivity index (χ2v) is 6.91. The topological polar surface area (TPSA) is 65.0 Å². The lowest BCUT2D eigenvalue weighted by atomic mass is 10.1. The molecule has 2 aliphatic heterocycles. The van der Waals surface area contributed by atoms with Crippen LogP contribution in [0.25, 0.3) is 0 Å². The van der Waals surface area contributed by atoms with Crippen molar-refractivity contribution in [3.8, 4) is 0 Å². The molecule has 0 bridgehead atoms. The van der Waals surface area contributed by atoms with E-state index in [9.17, 15) is 23.1 Å². The molecule has 27 heavy (non-hydrogen) atoms. The van der Waals surface area contributed by atoms with E-state index >= 15 is 0 Å². The van der Waals surface area contributed by atoms with Crippen molar-refractivity contribution >= 4 is 11.7 Å². The summed E-state index contributed by atoms with van der Waals surface area (Å²) in [4.78, 5) is 16.0. The van der Waals surface area contributed by atoms with Crippen molar-refractivity contribution in [3.63, 3.8) is 0 Å². The zero-order valence-electron chi connectivity index (χ0n) is 14.9. The van der Waals surface area contributed by atoms with E-state index in [1.54, 1.807) is 4.90 Å². The molecule has 0 aromatic heterocycles. The minimum atomic E-state index is -4.40. The van der Waals surface area contributed by atoms with Crippen molar-refractivity contribution in [2.75, 3.05) is 44.6 Å². The molecule has 2 amide bonds. The Kier molecular flexibility index (Phi) is 6.23. The normalized spacial score (nSPS) is 22.7. The fourth-order valence-corrected chi connectivity index (χ4v) is 3.37. The monoisotopic (exact) mass is 387 g/mol. The van der Waals surface area contributed by atoms with E-state index in [-0.39, 0.29) is 12.1 Å². The number of urea groups is 1. The van der Waals surface area contributed by atoms with E-state index in [0.717, 1.165) is 25.0 Å². The summed E-state index contributed by atoms with van der Waals surface area (Å²) >= 11 is 0. The number of ether oxygens (including phenoxy) is 1. The molecule has 2 N–H and O–H groups in total. The second kappa shape index (κ2) is 8.45. The van der Waals surface area contributed by atoms with Crippen molar-refractivity contribution in [2.45, 2.75) is 31.2 Å². The molecule has 0 aliphatic carbocycles. The zero-order valence-corrected chi connectivity index (χ0v) is 14.9. The molecule has 150 valence electrons. The van der Waals surface area contributed by atoms with Gasteiger partial charge in [0, 0.05) is 45.0 Å². The van der Waals surface area contributed by atoms with E-state index in [1.165, 1.54) is 12.1 Å². The van der Waals surface area contributed by atoms with Crippen molar-refractivity contribution in [1.82, 2.24) is 9.80 Å². The van der Waals surface area contributed by atoms with Gasteiger partial charge in [0.25, 0.3) is 0 Å². The summed E-state index contributed by atoms with van der Waals surface area (Å²) in [6.45, 7) is 3.45. The number of β-amino-alcohol motifs (C(OH)–C–C–N with tert-alkyl or cyclic N) is 1. The summed E-state index contributed by atoms with van der Waals surface area (Å²) in [5.74, 6) is 0. The zero-order chi connectivity index (χ0) is 19.4. The number of amides is 2. The first-order valence-corrected chi connectivity index (χ1v) is 9.08. The molecule has 1 aromatic carbocycles. The molecule has 1 aromatic rings. The van der Waals surface area contributed by atoms with Gasteiger partial charge in [-0.1, -0.05) is 0 Å². The molecule has 0 saturated carbocycles. The van der Waals surface area contributed by atoms with E-state index in [2.05, 4.69) is 10.2 Å². The highest BCUT2D eigenvalue weighted by Crippen LogP contribution is 2.29. The Morgan fingerprint density at radius 2 is 1.89 bits per heavy atom. The average Bonchev–Trinajstić information content (AvgIpc) is 3.17. The predicted octanol–water partition coefficient (Wildman–Crippen LogP) is 2.39. The quantitative estimate of drug-likeness (QED) is 0.833. The smallest absolute Gasteiger partial charge is 0.389 e. The van der Waals surface area contributed by atoms with E-state index < -0.39 is 17.8 Å². The van der Waals surface area contributed by atoms with Crippen LogP contribution in [0.15, 0.2) is 24.3 Å². The number of hydrogen-bond acceptors (Lipinski definition) is 4. The van der Waals surface area contributed by atoms with Crippen LogP contribution >= 0.6 is 0 Å². The van der Waals surface area contributed by atoms with Crippen LogP contribution in [0, 0.1) is 0 Å². The Morgan fingerprint density at radius 1 is 1.22 bits per heavy atom. The molecule has 2 fully saturated rings. The summed E-state index contributed by atoms with van der Waals surface area (Å²) in [5.41, 5.74) is -0.428. The standard InChI is InChI=1S/C18H24F3N3O3/c19-18(20,21)13-3-5-14(6-4-13)22-17(26)24-9-7-23(8-10-24)12-15(25)16-2-1-11-27-16/h3-6,15-16,25H,1-2,7-12H2,(H,22,26)/t15-,16-/m0/s1. The molecule has 0 spiro atoms. The highest BCUT2D eigenvalue weighted by atomic mass is 19.4. The molecule has 0 radical (unpaired) electrons. The van der Waals surface area contributed by atoms with Gasteiger partial charge in [0.05, 0.1) is 17.8 Å². The van der Waals surface area contributed by atoms with Crippen molar-refractivity contribution in [2.24, 2.45) is 0 Å². The lowest BCUT2D eigenvalue weighted by Crippen LogP contribution is -2.52. The number of aliphatic hydroxyl groups excluding tert-OH is 1. The number of nitrogens with zero attached hydrogens (tertiary/aromatic N) is 2. The summed E-state index contributed by atoms with van der Waals surface area (Å²) in [6.07, 6.45) is -3.19. The Balaban J connectivity index is 1.44. The number of hydrogen-bond donors (Lipinski definition) is 2. The first-order valence-electron chi connectivity index (χ1n) is 9.08. The fraction of sp³-hybridized carbons (Fsp3) is 0.611. The molecule has 2 aliphatic rings. The maximum Gasteiger partial charge on any atom is 0.416 e. The minimum Gasteiger partial charge on any atom is -0.389 e. The number of benzene rings is 1. The lowest BCUT2D eigenvalue weighted by molar-refractivity contribution is -0.137. The maximum absolute atomic E-state index is 12.6. The van der Waals surface area contributed by atoms with E-state index in [4.69, 9.17) is 4.74 Å².